The Kier molecular flexibility index (Phi) is 4.18. The summed E-state index contributed by atoms with van der Waals surface area (Å²) in [4.78, 5) is 6.48. The van der Waals surface area contributed by atoms with Crippen LogP contribution in [0.25, 0.3) is 0 Å². The number of aliphatic hydroxyl groups is 1. The lowest BCUT2D eigenvalue weighted by molar-refractivity contribution is 0.0155. The molecule has 0 amide bonds. The molecule has 1 N–H and O–H groups in total. The fourth-order valence-corrected chi connectivity index (χ4v) is 2.70. The molecule has 4 heteroatoms. The molecule has 21 heavy (non-hydrogen) atoms. The second kappa shape index (κ2) is 6.24. The number of rotatable bonds is 4. The first kappa shape index (κ1) is 14.0. The van der Waals surface area contributed by atoms with Crippen LogP contribution in [0.3, 0.4) is 0 Å². The number of benzene rings is 1. The van der Waals surface area contributed by atoms with E-state index in [2.05, 4.69) is 9.88 Å². The third-order valence-electron chi connectivity index (χ3n) is 4.02. The SMILES string of the molecule is CN(CCc1ccccn1)C1COc2ccccc2C1O. The molecule has 4 nitrogen and oxygen atoms in total. The van der Waals surface area contributed by atoms with Gasteiger partial charge in [-0.15, -0.1) is 0 Å². The minimum atomic E-state index is -0.510. The number of aromatic nitrogens is 1. The molecule has 1 aromatic heterocycles. The highest BCUT2D eigenvalue weighted by atomic mass is 16.5. The van der Waals surface area contributed by atoms with Crippen molar-refractivity contribution in [1.82, 2.24) is 9.88 Å². The van der Waals surface area contributed by atoms with Gasteiger partial charge in [0.1, 0.15) is 18.5 Å². The number of fused-ring (bicyclic) bond motifs is 1. The summed E-state index contributed by atoms with van der Waals surface area (Å²) < 4.78 is 5.76. The molecule has 3 rings (SSSR count). The minimum Gasteiger partial charge on any atom is -0.491 e. The summed E-state index contributed by atoms with van der Waals surface area (Å²) in [6, 6.07) is 13.6. The number of para-hydroxylation sites is 1. The van der Waals surface area contributed by atoms with E-state index >= 15 is 0 Å². The van der Waals surface area contributed by atoms with Crippen molar-refractivity contribution in [3.63, 3.8) is 0 Å². The van der Waals surface area contributed by atoms with Crippen molar-refractivity contribution in [2.24, 2.45) is 0 Å². The van der Waals surface area contributed by atoms with E-state index in [1.165, 1.54) is 0 Å². The number of aliphatic hydroxyl groups excluding tert-OH is 1. The normalized spacial score (nSPS) is 20.9. The van der Waals surface area contributed by atoms with Gasteiger partial charge in [0.05, 0.1) is 6.04 Å². The van der Waals surface area contributed by atoms with Crippen LogP contribution in [-0.4, -0.2) is 41.2 Å². The second-order valence-electron chi connectivity index (χ2n) is 5.41. The van der Waals surface area contributed by atoms with Crippen LogP contribution >= 0.6 is 0 Å². The number of likely N-dealkylation sites (N-methyl/N-ethyl adjacent to an activating group) is 1. The molecule has 1 aromatic carbocycles. The number of ether oxygens (including phenoxy) is 1. The summed E-state index contributed by atoms with van der Waals surface area (Å²) >= 11 is 0. The number of nitrogens with zero attached hydrogens (tertiary/aromatic N) is 2. The zero-order valence-electron chi connectivity index (χ0n) is 12.1. The van der Waals surface area contributed by atoms with Crippen molar-refractivity contribution in [3.05, 3.63) is 59.9 Å². The molecular weight excluding hydrogens is 264 g/mol. The van der Waals surface area contributed by atoms with E-state index in [-0.39, 0.29) is 6.04 Å². The highest BCUT2D eigenvalue weighted by Gasteiger charge is 2.31. The Morgan fingerprint density at radius 3 is 2.86 bits per heavy atom. The van der Waals surface area contributed by atoms with Crippen molar-refractivity contribution in [1.29, 1.82) is 0 Å². The summed E-state index contributed by atoms with van der Waals surface area (Å²) in [7, 11) is 2.02. The van der Waals surface area contributed by atoms with E-state index in [4.69, 9.17) is 4.74 Å². The third kappa shape index (κ3) is 3.06. The van der Waals surface area contributed by atoms with Crippen LogP contribution in [-0.2, 0) is 6.42 Å². The molecule has 2 unspecified atom stereocenters. The maximum Gasteiger partial charge on any atom is 0.125 e. The van der Waals surface area contributed by atoms with Crippen LogP contribution in [0, 0.1) is 0 Å². The average molecular weight is 284 g/mol. The van der Waals surface area contributed by atoms with Gasteiger partial charge in [-0.1, -0.05) is 24.3 Å². The van der Waals surface area contributed by atoms with Gasteiger partial charge in [-0.05, 0) is 25.2 Å². The van der Waals surface area contributed by atoms with Crippen LogP contribution in [0.15, 0.2) is 48.7 Å². The Balaban J connectivity index is 1.65. The predicted molar refractivity (Wildman–Crippen MR) is 81.3 cm³/mol. The first-order chi connectivity index (χ1) is 10.3. The molecule has 110 valence electrons. The molecule has 0 saturated carbocycles. The van der Waals surface area contributed by atoms with Crippen LogP contribution in [0.1, 0.15) is 17.4 Å². The Labute approximate surface area is 125 Å². The zero-order valence-corrected chi connectivity index (χ0v) is 12.1. The summed E-state index contributed by atoms with van der Waals surface area (Å²) in [6.45, 7) is 1.35. The minimum absolute atomic E-state index is 0.0244. The third-order valence-corrected chi connectivity index (χ3v) is 4.02. The van der Waals surface area contributed by atoms with Gasteiger partial charge in [-0.3, -0.25) is 9.88 Å². The Bertz CT molecular complexity index is 588. The number of hydrogen-bond acceptors (Lipinski definition) is 4. The second-order valence-corrected chi connectivity index (χ2v) is 5.41. The van der Waals surface area contributed by atoms with Crippen molar-refractivity contribution in [2.45, 2.75) is 18.6 Å². The van der Waals surface area contributed by atoms with Gasteiger partial charge in [-0.25, -0.2) is 0 Å². The van der Waals surface area contributed by atoms with Gasteiger partial charge in [0.2, 0.25) is 0 Å². The molecule has 2 heterocycles. The van der Waals surface area contributed by atoms with E-state index in [0.717, 1.165) is 30.0 Å². The monoisotopic (exact) mass is 284 g/mol. The van der Waals surface area contributed by atoms with E-state index < -0.39 is 6.10 Å². The van der Waals surface area contributed by atoms with Gasteiger partial charge < -0.3 is 9.84 Å². The van der Waals surface area contributed by atoms with Crippen molar-refractivity contribution < 1.29 is 9.84 Å². The van der Waals surface area contributed by atoms with E-state index in [1.807, 2.05) is 55.7 Å². The summed E-state index contributed by atoms with van der Waals surface area (Å²) in [5, 5.41) is 10.6. The molecule has 0 saturated heterocycles. The van der Waals surface area contributed by atoms with Gasteiger partial charge >= 0.3 is 0 Å². The fourth-order valence-electron chi connectivity index (χ4n) is 2.70. The maximum atomic E-state index is 10.6. The largest absolute Gasteiger partial charge is 0.491 e. The Morgan fingerprint density at radius 2 is 2.05 bits per heavy atom. The molecule has 1 aliphatic heterocycles. The predicted octanol–water partition coefficient (Wildman–Crippen LogP) is 2.05. The topological polar surface area (TPSA) is 45.6 Å². The smallest absolute Gasteiger partial charge is 0.125 e. The summed E-state index contributed by atoms with van der Waals surface area (Å²) in [5.74, 6) is 0.791. The molecule has 0 spiro atoms. The van der Waals surface area contributed by atoms with Crippen molar-refractivity contribution in [2.75, 3.05) is 20.2 Å². The van der Waals surface area contributed by atoms with Crippen LogP contribution < -0.4 is 4.74 Å². The van der Waals surface area contributed by atoms with Crippen molar-refractivity contribution in [3.8, 4) is 5.75 Å². The lowest BCUT2D eigenvalue weighted by Crippen LogP contribution is -2.44. The quantitative estimate of drug-likeness (QED) is 0.933. The molecule has 0 fully saturated rings. The number of hydrogen-bond donors (Lipinski definition) is 1. The highest BCUT2D eigenvalue weighted by Crippen LogP contribution is 2.33. The van der Waals surface area contributed by atoms with E-state index in [0.29, 0.717) is 6.61 Å². The molecular formula is C17H20N2O2. The molecule has 0 bridgehead atoms. The van der Waals surface area contributed by atoms with Crippen LogP contribution in [0.4, 0.5) is 0 Å². The number of pyridine rings is 1. The highest BCUT2D eigenvalue weighted by molar-refractivity contribution is 5.37. The lowest BCUT2D eigenvalue weighted by atomic mass is 9.98. The van der Waals surface area contributed by atoms with E-state index in [9.17, 15) is 5.11 Å². The Morgan fingerprint density at radius 1 is 1.24 bits per heavy atom. The van der Waals surface area contributed by atoms with Crippen molar-refractivity contribution >= 4 is 0 Å². The molecule has 0 radical (unpaired) electrons. The fraction of sp³-hybridized carbons (Fsp3) is 0.353. The zero-order chi connectivity index (χ0) is 14.7. The average Bonchev–Trinajstić information content (AvgIpc) is 2.54. The molecule has 0 aliphatic carbocycles. The molecule has 1 aliphatic rings. The maximum absolute atomic E-state index is 10.6. The first-order valence-corrected chi connectivity index (χ1v) is 7.25. The summed E-state index contributed by atoms with van der Waals surface area (Å²) in [6.07, 6.45) is 2.16. The standard InChI is InChI=1S/C17H20N2O2/c1-19(11-9-13-6-4-5-10-18-13)15-12-21-16-8-3-2-7-14(16)17(15)20/h2-8,10,15,17,20H,9,11-12H2,1H3. The van der Waals surface area contributed by atoms with Crippen LogP contribution in [0.5, 0.6) is 5.75 Å². The molecule has 2 atom stereocenters. The van der Waals surface area contributed by atoms with Gasteiger partial charge in [0, 0.05) is 30.4 Å². The van der Waals surface area contributed by atoms with E-state index in [1.54, 1.807) is 0 Å². The van der Waals surface area contributed by atoms with Gasteiger partial charge in [0.25, 0.3) is 0 Å². The van der Waals surface area contributed by atoms with Gasteiger partial charge in [0.15, 0.2) is 0 Å². The van der Waals surface area contributed by atoms with Gasteiger partial charge in [-0.2, -0.15) is 0 Å². The molecule has 2 aromatic rings. The summed E-state index contributed by atoms with van der Waals surface area (Å²) in [5.41, 5.74) is 1.94. The first-order valence-electron chi connectivity index (χ1n) is 7.25. The lowest BCUT2D eigenvalue weighted by Gasteiger charge is -2.36. The van der Waals surface area contributed by atoms with Crippen LogP contribution in [0.2, 0.25) is 0 Å². The Hall–Kier alpha value is -1.91.